The van der Waals surface area contributed by atoms with Gasteiger partial charge in [-0.15, -0.1) is 29.3 Å². The van der Waals surface area contributed by atoms with E-state index in [1.807, 2.05) is 108 Å². The van der Waals surface area contributed by atoms with Crippen molar-refractivity contribution < 1.29 is 105 Å². The molecule has 0 atom stereocenters. The molecule has 6 rings (SSSR count). The number of rotatable bonds is 14. The molecule has 0 radical (unpaired) electrons. The molecule has 2 aromatic heterocycles. The molecule has 0 bridgehead atoms. The Morgan fingerprint density at radius 2 is 0.882 bits per heavy atom. The van der Waals surface area contributed by atoms with E-state index < -0.39 is 41.5 Å². The summed E-state index contributed by atoms with van der Waals surface area (Å²) in [6.45, 7) is 31.1. The van der Waals surface area contributed by atoms with Crippen LogP contribution in [0.3, 0.4) is 0 Å². The van der Waals surface area contributed by atoms with Crippen LogP contribution >= 0.6 is 22.7 Å². The molecule has 2 fully saturated rings. The molecule has 2 aliphatic rings. The molecule has 4 aromatic rings. The van der Waals surface area contributed by atoms with E-state index in [0.717, 1.165) is 70.3 Å². The number of anilines is 2. The number of amides is 4. The quantitative estimate of drug-likeness (QED) is 0.0796. The third kappa shape index (κ3) is 34.4. The van der Waals surface area contributed by atoms with Gasteiger partial charge in [0.2, 0.25) is 11.8 Å². The summed E-state index contributed by atoms with van der Waals surface area (Å²) in [5.41, 5.74) is 2.03. The van der Waals surface area contributed by atoms with Crippen LogP contribution in [0.5, 0.6) is 0 Å². The number of thiophene rings is 2. The third-order valence-corrected chi connectivity index (χ3v) is 13.3. The SMILES string of the molecule is CC(C)(C)OC(=O)CNC(=O)Cc1ccc(C=Cc2ccc(N3CCN(C(=O)OC(C)(C)C)CC3)s2)cc1.CC(C)(C)OC(=O)N1CCN(c2ccc(C=O)s2)CC1.CC[O-].CCc1ccc(CC(=O)NCC(=O)OC(C)(C)C)cc1.[2H]CF.[Cl-].[Na+]. The van der Waals surface area contributed by atoms with E-state index in [1.165, 1.54) is 21.9 Å². The molecule has 18 nitrogen and oxygen atoms in total. The summed E-state index contributed by atoms with van der Waals surface area (Å²) in [6.07, 6.45) is 5.93. The number of halogens is 2. The Balaban J connectivity index is 0.00000128. The summed E-state index contributed by atoms with van der Waals surface area (Å²) < 4.78 is 36.7. The maximum absolute atomic E-state index is 12.3. The Morgan fingerprint density at radius 3 is 1.21 bits per heavy atom. The number of aryl methyl sites for hydroxylation is 1. The van der Waals surface area contributed by atoms with Gasteiger partial charge in [0.05, 0.1) is 36.2 Å². The number of carbonyl (C=O) groups excluding carboxylic acids is 7. The Labute approximate surface area is 541 Å². The molecular weight excluding hydrogens is 1160 g/mol. The fourth-order valence-corrected chi connectivity index (χ4v) is 9.29. The van der Waals surface area contributed by atoms with Gasteiger partial charge in [-0.1, -0.05) is 68.5 Å². The molecule has 0 saturated carbocycles. The second-order valence-electron chi connectivity index (χ2n) is 23.0. The first kappa shape index (κ1) is 77.5. The number of ether oxygens (including phenoxy) is 4. The van der Waals surface area contributed by atoms with Gasteiger partial charge >= 0.3 is 53.7 Å². The van der Waals surface area contributed by atoms with Crippen LogP contribution in [0.15, 0.2) is 72.8 Å². The normalized spacial score (nSPS) is 13.3. The van der Waals surface area contributed by atoms with Crippen LogP contribution < -0.4 is 67.5 Å². The van der Waals surface area contributed by atoms with Crippen molar-refractivity contribution in [3.63, 3.8) is 0 Å². The largest absolute Gasteiger partial charge is 1.00 e. The molecule has 23 heteroatoms. The number of nitrogens with zero attached hydrogens (tertiary/aromatic N) is 4. The summed E-state index contributed by atoms with van der Waals surface area (Å²) in [5.74, 6) is -1.28. The molecule has 2 N–H and O–H groups in total. The average Bonchev–Trinajstić information content (AvgIpc) is 3.02. The van der Waals surface area contributed by atoms with Gasteiger partial charge in [-0.2, -0.15) is 0 Å². The fraction of sp³-hybridized carbons (Fsp3) is 0.532. The minimum Gasteiger partial charge on any atom is -1.00 e. The van der Waals surface area contributed by atoms with Crippen LogP contribution in [-0.2, 0) is 57.4 Å². The first-order valence-corrected chi connectivity index (χ1v) is 29.3. The number of esters is 2. The van der Waals surface area contributed by atoms with Crippen LogP contribution in [0.1, 0.15) is 135 Å². The van der Waals surface area contributed by atoms with Crippen molar-refractivity contribution >= 4 is 87.1 Å². The van der Waals surface area contributed by atoms with Crippen molar-refractivity contribution in [3.8, 4) is 0 Å². The molecule has 0 aliphatic carbocycles. The zero-order valence-electron chi connectivity index (χ0n) is 53.5. The van der Waals surface area contributed by atoms with Crippen molar-refractivity contribution in [3.05, 3.63) is 105 Å². The van der Waals surface area contributed by atoms with Crippen LogP contribution in [0.2, 0.25) is 0 Å². The maximum atomic E-state index is 12.3. The fourth-order valence-electron chi connectivity index (χ4n) is 7.46. The topological polar surface area (TPSA) is 216 Å². The third-order valence-electron chi connectivity index (χ3n) is 11.1. The smallest absolute Gasteiger partial charge is 1.00 e. The van der Waals surface area contributed by atoms with Crippen LogP contribution in [0.4, 0.5) is 24.0 Å². The van der Waals surface area contributed by atoms with Gasteiger partial charge in [0.25, 0.3) is 0 Å². The average molecular weight is 1250 g/mol. The summed E-state index contributed by atoms with van der Waals surface area (Å²) in [4.78, 5) is 91.9. The number of hydrogen-bond acceptors (Lipinski definition) is 16. The molecule has 0 spiro atoms. The number of hydrogen-bond donors (Lipinski definition) is 2. The van der Waals surface area contributed by atoms with Crippen molar-refractivity contribution in [2.45, 2.75) is 139 Å². The minimum absolute atomic E-state index is 0. The molecule has 0 unspecified atom stereocenters. The van der Waals surface area contributed by atoms with Gasteiger partial charge in [0.1, 0.15) is 35.5 Å². The minimum atomic E-state index is -1.00. The predicted molar refractivity (Wildman–Crippen MR) is 328 cm³/mol. The molecule has 85 heavy (non-hydrogen) atoms. The van der Waals surface area contributed by atoms with E-state index in [-0.39, 0.29) is 98.5 Å². The van der Waals surface area contributed by atoms with Gasteiger partial charge in [0.15, 0.2) is 6.29 Å². The Kier molecular flexibility index (Phi) is 35.8. The first-order valence-electron chi connectivity index (χ1n) is 28.4. The zero-order chi connectivity index (χ0) is 63.3. The summed E-state index contributed by atoms with van der Waals surface area (Å²) in [7, 11) is -1.00. The van der Waals surface area contributed by atoms with Crippen molar-refractivity contribution in [1.29, 1.82) is 0 Å². The monoisotopic (exact) mass is 1250 g/mol. The van der Waals surface area contributed by atoms with Crippen molar-refractivity contribution in [1.82, 2.24) is 20.4 Å². The maximum Gasteiger partial charge on any atom is 1.00 e. The molecule has 2 aliphatic heterocycles. The standard InChI is InChI=1S/C29H39N3O5S.C16H23NO3.C14H20N2O3S.C2H5O.CH3F.ClH.Na/c1-28(2,3)36-26(34)20-30-24(33)19-22-9-7-21(8-10-22)11-12-23-13-14-25(38-23)31-15-17-32(18-16-31)27(35)37-29(4,5)6;1-5-12-6-8-13(9-7-12)10-14(18)17-11-15(19)20-16(2,3)4;1-14(2,3)19-13(18)16-8-6-15(7-9-16)12-5-4-11(10-17)20-12;1-2-3;1-2;;/h7-14H,15-20H2,1-6H3,(H,30,33);6-9H,5,10-11H2,1-4H3,(H,17,18);4-5,10H,6-9H2,1-3H3;2H2,1H3;1H3;1H;/q;;;-1;;;+1/p-1/i;;;;1D;;. The van der Waals surface area contributed by atoms with Gasteiger partial charge < -0.3 is 66.7 Å². The van der Waals surface area contributed by atoms with E-state index in [9.17, 15) is 38.0 Å². The van der Waals surface area contributed by atoms with Gasteiger partial charge in [-0.05, 0) is 142 Å². The molecule has 4 amide bonds. The number of carbonyl (C=O) groups is 7. The Morgan fingerprint density at radius 1 is 0.553 bits per heavy atom. The van der Waals surface area contributed by atoms with E-state index in [2.05, 4.69) is 45.6 Å². The van der Waals surface area contributed by atoms with Crippen molar-refractivity contribution in [2.24, 2.45) is 0 Å². The van der Waals surface area contributed by atoms with Crippen molar-refractivity contribution in [2.75, 3.05) is 89.0 Å². The van der Waals surface area contributed by atoms with Gasteiger partial charge in [-0.3, -0.25) is 28.4 Å². The number of nitrogens with one attached hydrogen (secondary N) is 2. The molecule has 4 heterocycles. The number of piperazine rings is 2. The number of aldehydes is 1. The van der Waals surface area contributed by atoms with Crippen LogP contribution in [0.25, 0.3) is 12.2 Å². The number of alkyl halides is 1. The van der Waals surface area contributed by atoms with Gasteiger partial charge in [0, 0.05) is 57.2 Å². The van der Waals surface area contributed by atoms with E-state index in [1.54, 1.807) is 69.6 Å². The van der Waals surface area contributed by atoms with Gasteiger partial charge in [-0.25, -0.2) is 9.59 Å². The van der Waals surface area contributed by atoms with E-state index in [4.69, 9.17) is 25.4 Å². The summed E-state index contributed by atoms with van der Waals surface area (Å²) in [5, 5.41) is 16.4. The molecule has 2 aromatic carbocycles. The first-order chi connectivity index (χ1) is 39.3. The predicted octanol–water partition coefficient (Wildman–Crippen LogP) is 3.80. The second-order valence-corrected chi connectivity index (χ2v) is 25.2. The Hall–Kier alpha value is -5.55. The zero-order valence-corrected chi connectivity index (χ0v) is 56.9. The molecule has 468 valence electrons. The van der Waals surface area contributed by atoms with Crippen LogP contribution in [-0.4, -0.2) is 154 Å². The summed E-state index contributed by atoms with van der Waals surface area (Å²) >= 11 is 3.20. The Bertz CT molecular complexity index is 2690. The second kappa shape index (κ2) is 39.3. The van der Waals surface area contributed by atoms with E-state index >= 15 is 0 Å². The van der Waals surface area contributed by atoms with Crippen LogP contribution in [0, 0.1) is 0 Å². The number of benzene rings is 2. The molecule has 2 saturated heterocycles. The molecular formula is C62H90ClFN6NaO12S2-. The van der Waals surface area contributed by atoms with E-state index in [0.29, 0.717) is 26.2 Å². The summed E-state index contributed by atoms with van der Waals surface area (Å²) in [6, 6.07) is 23.7.